The highest BCUT2D eigenvalue weighted by Gasteiger charge is 2.16. The first-order chi connectivity index (χ1) is 14.9. The number of fused-ring (bicyclic) bond motifs is 1. The van der Waals surface area contributed by atoms with Crippen molar-refractivity contribution in [2.75, 3.05) is 5.32 Å². The molecule has 4 rings (SSSR count). The first-order valence-electron chi connectivity index (χ1n) is 9.73. The molecular formula is C24H20FN3O3. The minimum absolute atomic E-state index is 0.0720. The van der Waals surface area contributed by atoms with E-state index >= 15 is 0 Å². The Bertz CT molecular complexity index is 1260. The Labute approximate surface area is 178 Å². The summed E-state index contributed by atoms with van der Waals surface area (Å²) in [4.78, 5) is 31.5. The molecule has 0 saturated heterocycles. The summed E-state index contributed by atoms with van der Waals surface area (Å²) in [5.74, 6) is 0.343. The van der Waals surface area contributed by atoms with Gasteiger partial charge in [-0.15, -0.1) is 0 Å². The van der Waals surface area contributed by atoms with Crippen molar-refractivity contribution in [2.24, 2.45) is 0 Å². The number of anilines is 1. The molecule has 3 aromatic carbocycles. The largest absolute Gasteiger partial charge is 0.481 e. The van der Waals surface area contributed by atoms with Crippen LogP contribution in [0.25, 0.3) is 22.4 Å². The Morgan fingerprint density at radius 1 is 1.06 bits per heavy atom. The number of ether oxygens (including phenoxy) is 1. The number of imidazole rings is 1. The van der Waals surface area contributed by atoms with Gasteiger partial charge in [-0.3, -0.25) is 9.59 Å². The molecule has 1 aromatic heterocycles. The third-order valence-electron chi connectivity index (χ3n) is 4.79. The number of Topliss-reactive ketones (excluding diaryl/α,β-unsaturated/α-hetero) is 1. The van der Waals surface area contributed by atoms with Gasteiger partial charge in [-0.05, 0) is 68.4 Å². The summed E-state index contributed by atoms with van der Waals surface area (Å²) in [6.45, 7) is 3.11. The molecule has 156 valence electrons. The average molecular weight is 417 g/mol. The monoisotopic (exact) mass is 417 g/mol. The van der Waals surface area contributed by atoms with Crippen molar-refractivity contribution in [2.45, 2.75) is 20.0 Å². The number of hydrogen-bond acceptors (Lipinski definition) is 4. The molecule has 7 heteroatoms. The van der Waals surface area contributed by atoms with Gasteiger partial charge in [-0.1, -0.05) is 12.1 Å². The van der Waals surface area contributed by atoms with Gasteiger partial charge in [-0.25, -0.2) is 9.37 Å². The lowest BCUT2D eigenvalue weighted by Crippen LogP contribution is -2.30. The zero-order valence-electron chi connectivity index (χ0n) is 17.0. The number of carbonyl (C=O) groups excluding carboxylic acids is 2. The summed E-state index contributed by atoms with van der Waals surface area (Å²) in [7, 11) is 0. The molecule has 0 radical (unpaired) electrons. The Kier molecular flexibility index (Phi) is 5.49. The van der Waals surface area contributed by atoms with Crippen molar-refractivity contribution < 1.29 is 18.7 Å². The zero-order chi connectivity index (χ0) is 22.0. The Morgan fingerprint density at radius 2 is 1.84 bits per heavy atom. The number of halogens is 1. The first kappa shape index (κ1) is 20.3. The van der Waals surface area contributed by atoms with Crippen LogP contribution in [0.1, 0.15) is 24.2 Å². The highest BCUT2D eigenvalue weighted by Crippen LogP contribution is 2.23. The van der Waals surface area contributed by atoms with Crippen LogP contribution in [-0.2, 0) is 4.79 Å². The Balaban J connectivity index is 1.42. The van der Waals surface area contributed by atoms with E-state index in [1.54, 1.807) is 49.4 Å². The minimum Gasteiger partial charge on any atom is -0.481 e. The molecule has 0 saturated carbocycles. The fourth-order valence-electron chi connectivity index (χ4n) is 3.12. The van der Waals surface area contributed by atoms with Crippen molar-refractivity contribution >= 4 is 28.4 Å². The number of benzene rings is 3. The molecular weight excluding hydrogens is 397 g/mol. The van der Waals surface area contributed by atoms with Crippen LogP contribution in [0, 0.1) is 5.82 Å². The van der Waals surface area contributed by atoms with Crippen LogP contribution >= 0.6 is 0 Å². The normalized spacial score (nSPS) is 11.8. The SMILES string of the molecule is CC(=O)c1cccc(OC(C)C(=O)Nc2ccc(-c3nc4ccc(F)cc4[nH]3)cc2)c1. The minimum atomic E-state index is -0.757. The maximum atomic E-state index is 13.4. The van der Waals surface area contributed by atoms with E-state index in [0.29, 0.717) is 33.9 Å². The van der Waals surface area contributed by atoms with Crippen LogP contribution in [0.15, 0.2) is 66.7 Å². The molecule has 1 atom stereocenters. The number of nitrogens with one attached hydrogen (secondary N) is 2. The van der Waals surface area contributed by atoms with Crippen LogP contribution in [-0.4, -0.2) is 27.8 Å². The number of nitrogens with zero attached hydrogens (tertiary/aromatic N) is 1. The fourth-order valence-corrected chi connectivity index (χ4v) is 3.12. The topological polar surface area (TPSA) is 84.1 Å². The summed E-state index contributed by atoms with van der Waals surface area (Å²) >= 11 is 0. The Morgan fingerprint density at radius 3 is 2.58 bits per heavy atom. The van der Waals surface area contributed by atoms with Crippen LogP contribution in [0.3, 0.4) is 0 Å². The molecule has 0 aliphatic heterocycles. The van der Waals surface area contributed by atoms with Gasteiger partial charge in [-0.2, -0.15) is 0 Å². The molecule has 1 heterocycles. The number of aromatic nitrogens is 2. The van der Waals surface area contributed by atoms with Gasteiger partial charge in [0.2, 0.25) is 0 Å². The summed E-state index contributed by atoms with van der Waals surface area (Å²) in [5.41, 5.74) is 3.22. The summed E-state index contributed by atoms with van der Waals surface area (Å²) in [6, 6.07) is 18.2. The van der Waals surface area contributed by atoms with E-state index in [-0.39, 0.29) is 17.5 Å². The first-order valence-corrected chi connectivity index (χ1v) is 9.73. The van der Waals surface area contributed by atoms with Crippen LogP contribution in [0.4, 0.5) is 10.1 Å². The lowest BCUT2D eigenvalue weighted by molar-refractivity contribution is -0.122. The molecule has 0 spiro atoms. The third-order valence-corrected chi connectivity index (χ3v) is 4.79. The molecule has 31 heavy (non-hydrogen) atoms. The van der Waals surface area contributed by atoms with E-state index in [2.05, 4.69) is 15.3 Å². The second kappa shape index (κ2) is 8.39. The zero-order valence-corrected chi connectivity index (χ0v) is 17.0. The number of H-pyrrole nitrogens is 1. The van der Waals surface area contributed by atoms with Gasteiger partial charge in [0.15, 0.2) is 11.9 Å². The van der Waals surface area contributed by atoms with Crippen molar-refractivity contribution in [3.8, 4) is 17.1 Å². The summed E-state index contributed by atoms with van der Waals surface area (Å²) in [5, 5.41) is 2.80. The van der Waals surface area contributed by atoms with Crippen LogP contribution in [0.5, 0.6) is 5.75 Å². The highest BCUT2D eigenvalue weighted by molar-refractivity contribution is 5.95. The molecule has 0 fully saturated rings. The Hall–Kier alpha value is -4.00. The molecule has 4 aromatic rings. The van der Waals surface area contributed by atoms with E-state index < -0.39 is 6.10 Å². The number of ketones is 1. The molecule has 0 aliphatic rings. The smallest absolute Gasteiger partial charge is 0.265 e. The van der Waals surface area contributed by atoms with Crippen molar-refractivity contribution in [1.29, 1.82) is 0 Å². The number of carbonyl (C=O) groups is 2. The highest BCUT2D eigenvalue weighted by atomic mass is 19.1. The number of aromatic amines is 1. The fraction of sp³-hybridized carbons (Fsp3) is 0.125. The molecule has 6 nitrogen and oxygen atoms in total. The molecule has 2 N–H and O–H groups in total. The summed E-state index contributed by atoms with van der Waals surface area (Å²) in [6.07, 6.45) is -0.757. The van der Waals surface area contributed by atoms with Gasteiger partial charge in [0.25, 0.3) is 5.91 Å². The maximum Gasteiger partial charge on any atom is 0.265 e. The second-order valence-electron chi connectivity index (χ2n) is 7.16. The molecule has 1 unspecified atom stereocenters. The van der Waals surface area contributed by atoms with Crippen LogP contribution < -0.4 is 10.1 Å². The number of hydrogen-bond donors (Lipinski definition) is 2. The van der Waals surface area contributed by atoms with Gasteiger partial charge in [0, 0.05) is 16.8 Å². The van der Waals surface area contributed by atoms with Gasteiger partial charge in [0.1, 0.15) is 17.4 Å². The average Bonchev–Trinajstić information content (AvgIpc) is 3.17. The molecule has 0 bridgehead atoms. The predicted molar refractivity (Wildman–Crippen MR) is 117 cm³/mol. The van der Waals surface area contributed by atoms with Gasteiger partial charge in [0.05, 0.1) is 11.0 Å². The number of rotatable bonds is 6. The van der Waals surface area contributed by atoms with Crippen molar-refractivity contribution in [3.05, 3.63) is 78.1 Å². The van der Waals surface area contributed by atoms with E-state index in [1.165, 1.54) is 19.1 Å². The van der Waals surface area contributed by atoms with E-state index in [1.807, 2.05) is 12.1 Å². The van der Waals surface area contributed by atoms with Crippen molar-refractivity contribution in [1.82, 2.24) is 9.97 Å². The molecule has 0 aliphatic carbocycles. The predicted octanol–water partition coefficient (Wildman–Crippen LogP) is 4.98. The van der Waals surface area contributed by atoms with E-state index in [0.717, 1.165) is 5.56 Å². The quantitative estimate of drug-likeness (QED) is 0.434. The van der Waals surface area contributed by atoms with Gasteiger partial charge < -0.3 is 15.0 Å². The number of amides is 1. The van der Waals surface area contributed by atoms with E-state index in [9.17, 15) is 14.0 Å². The second-order valence-corrected chi connectivity index (χ2v) is 7.16. The molecule has 1 amide bonds. The standard InChI is InChI=1S/C24H20FN3O3/c1-14(29)17-4-3-5-20(12-17)31-15(2)24(30)26-19-9-6-16(7-10-19)23-27-21-11-8-18(25)13-22(21)28-23/h3-13,15H,1-2H3,(H,26,30)(H,27,28). The van der Waals surface area contributed by atoms with E-state index in [4.69, 9.17) is 4.74 Å². The van der Waals surface area contributed by atoms with Gasteiger partial charge >= 0.3 is 0 Å². The van der Waals surface area contributed by atoms with Crippen molar-refractivity contribution in [3.63, 3.8) is 0 Å². The summed E-state index contributed by atoms with van der Waals surface area (Å²) < 4.78 is 19.0. The lowest BCUT2D eigenvalue weighted by Gasteiger charge is -2.15. The maximum absolute atomic E-state index is 13.4. The third kappa shape index (κ3) is 4.61. The lowest BCUT2D eigenvalue weighted by atomic mass is 10.1. The van der Waals surface area contributed by atoms with Crippen LogP contribution in [0.2, 0.25) is 0 Å².